The average molecular weight is 413 g/mol. The molecule has 0 aromatic heterocycles. The highest BCUT2D eigenvalue weighted by Gasteiger charge is 2.32. The lowest BCUT2D eigenvalue weighted by molar-refractivity contribution is 0.104. The number of carbonyl (C=O) groups excluding carboxylic acids is 1. The smallest absolute Gasteiger partial charge is 0.190 e. The summed E-state index contributed by atoms with van der Waals surface area (Å²) in [5, 5.41) is 0.688. The summed E-state index contributed by atoms with van der Waals surface area (Å²) in [5.74, 6) is 0.0734. The van der Waals surface area contributed by atoms with E-state index in [0.717, 1.165) is 26.7 Å². The minimum atomic E-state index is -0.0711. The van der Waals surface area contributed by atoms with E-state index in [-0.39, 0.29) is 10.6 Å². The predicted octanol–water partition coefficient (Wildman–Crippen LogP) is 5.82. The van der Waals surface area contributed by atoms with Gasteiger partial charge in [-0.1, -0.05) is 55.6 Å². The number of halogens is 3. The summed E-state index contributed by atoms with van der Waals surface area (Å²) in [6.07, 6.45) is 1.91. The van der Waals surface area contributed by atoms with E-state index in [1.54, 1.807) is 0 Å². The summed E-state index contributed by atoms with van der Waals surface area (Å²) >= 11 is 12.9. The number of ketones is 1. The summed E-state index contributed by atoms with van der Waals surface area (Å²) in [4.78, 5) is 12.4. The Bertz CT molecular complexity index is 720. The standard InChI is InChI=1S/C16H9Br2ClO/c17-10-3-6-12-13(8-10)15(18)14(16(12)20)7-9-1-4-11(19)5-2-9/h1-8,15H/b14-7+. The molecule has 2 aromatic rings. The molecule has 1 aliphatic carbocycles. The third-order valence-corrected chi connectivity index (χ3v) is 4.99. The van der Waals surface area contributed by atoms with Gasteiger partial charge in [-0.3, -0.25) is 4.79 Å². The number of hydrogen-bond donors (Lipinski definition) is 0. The van der Waals surface area contributed by atoms with Crippen LogP contribution in [0.1, 0.15) is 26.3 Å². The molecule has 2 aromatic carbocycles. The third kappa shape index (κ3) is 2.50. The van der Waals surface area contributed by atoms with Gasteiger partial charge in [-0.2, -0.15) is 0 Å². The Labute approximate surface area is 138 Å². The molecule has 100 valence electrons. The largest absolute Gasteiger partial charge is 0.289 e. The molecule has 1 atom stereocenters. The van der Waals surface area contributed by atoms with Crippen LogP contribution < -0.4 is 0 Å². The van der Waals surface area contributed by atoms with Gasteiger partial charge in [0.2, 0.25) is 0 Å². The van der Waals surface area contributed by atoms with Crippen LogP contribution in [0.2, 0.25) is 5.02 Å². The van der Waals surface area contributed by atoms with E-state index in [0.29, 0.717) is 5.02 Å². The topological polar surface area (TPSA) is 17.1 Å². The second kappa shape index (κ2) is 5.47. The molecule has 0 saturated carbocycles. The van der Waals surface area contributed by atoms with Crippen LogP contribution in [-0.4, -0.2) is 5.78 Å². The molecule has 0 radical (unpaired) electrons. The van der Waals surface area contributed by atoms with Gasteiger partial charge < -0.3 is 0 Å². The Morgan fingerprint density at radius 1 is 1.10 bits per heavy atom. The fourth-order valence-electron chi connectivity index (χ4n) is 2.27. The highest BCUT2D eigenvalue weighted by atomic mass is 79.9. The van der Waals surface area contributed by atoms with Crippen LogP contribution >= 0.6 is 43.5 Å². The predicted molar refractivity (Wildman–Crippen MR) is 89.6 cm³/mol. The highest BCUT2D eigenvalue weighted by Crippen LogP contribution is 2.43. The quantitative estimate of drug-likeness (QED) is 0.426. The van der Waals surface area contributed by atoms with Crippen molar-refractivity contribution in [2.75, 3.05) is 0 Å². The molecular formula is C16H9Br2ClO. The van der Waals surface area contributed by atoms with Gasteiger partial charge in [0.25, 0.3) is 0 Å². The van der Waals surface area contributed by atoms with E-state index in [9.17, 15) is 4.79 Å². The SMILES string of the molecule is O=C1/C(=C/c2ccc(Cl)cc2)C(Br)c2cc(Br)ccc21. The van der Waals surface area contributed by atoms with E-state index < -0.39 is 0 Å². The monoisotopic (exact) mass is 410 g/mol. The fourth-order valence-corrected chi connectivity index (χ4v) is 3.49. The summed E-state index contributed by atoms with van der Waals surface area (Å²) in [6, 6.07) is 13.2. The maximum absolute atomic E-state index is 12.5. The van der Waals surface area contributed by atoms with Gasteiger partial charge in [-0.25, -0.2) is 0 Å². The number of benzene rings is 2. The Morgan fingerprint density at radius 2 is 1.80 bits per heavy atom. The first-order valence-corrected chi connectivity index (χ1v) is 8.10. The van der Waals surface area contributed by atoms with Gasteiger partial charge in [-0.15, -0.1) is 0 Å². The summed E-state index contributed by atoms with van der Waals surface area (Å²) in [5.41, 5.74) is 3.48. The average Bonchev–Trinajstić information content (AvgIpc) is 2.66. The first-order valence-electron chi connectivity index (χ1n) is 6.01. The van der Waals surface area contributed by atoms with Crippen molar-refractivity contribution in [3.05, 3.63) is 74.2 Å². The number of fused-ring (bicyclic) bond motifs is 1. The number of Topliss-reactive ketones (excluding diaryl/α,β-unsaturated/α-hetero) is 1. The van der Waals surface area contributed by atoms with E-state index in [4.69, 9.17) is 11.6 Å². The van der Waals surface area contributed by atoms with Crippen LogP contribution in [0.3, 0.4) is 0 Å². The zero-order valence-electron chi connectivity index (χ0n) is 10.2. The Kier molecular flexibility index (Phi) is 3.85. The molecular weight excluding hydrogens is 403 g/mol. The van der Waals surface area contributed by atoms with Crippen molar-refractivity contribution in [1.29, 1.82) is 0 Å². The molecule has 0 spiro atoms. The second-order valence-electron chi connectivity index (χ2n) is 4.57. The minimum absolute atomic E-state index is 0.0711. The molecule has 0 heterocycles. The lowest BCUT2D eigenvalue weighted by Gasteiger charge is -2.04. The zero-order valence-corrected chi connectivity index (χ0v) is 14.2. The van der Waals surface area contributed by atoms with Crippen LogP contribution in [0.5, 0.6) is 0 Å². The summed E-state index contributed by atoms with van der Waals surface area (Å²) in [7, 11) is 0. The number of carbonyl (C=O) groups is 1. The molecule has 1 unspecified atom stereocenters. The van der Waals surface area contributed by atoms with Crippen molar-refractivity contribution in [3.8, 4) is 0 Å². The summed E-state index contributed by atoms with van der Waals surface area (Å²) in [6.45, 7) is 0. The van der Waals surface area contributed by atoms with Crippen molar-refractivity contribution in [3.63, 3.8) is 0 Å². The Balaban J connectivity index is 2.05. The summed E-state index contributed by atoms with van der Waals surface area (Å²) < 4.78 is 0.973. The van der Waals surface area contributed by atoms with Gasteiger partial charge in [0.05, 0.1) is 4.83 Å². The maximum atomic E-state index is 12.5. The van der Waals surface area contributed by atoms with E-state index in [2.05, 4.69) is 31.9 Å². The Morgan fingerprint density at radius 3 is 2.50 bits per heavy atom. The molecule has 0 fully saturated rings. The van der Waals surface area contributed by atoms with Crippen LogP contribution in [-0.2, 0) is 0 Å². The van der Waals surface area contributed by atoms with Crippen molar-refractivity contribution in [2.45, 2.75) is 4.83 Å². The highest BCUT2D eigenvalue weighted by molar-refractivity contribution is 9.10. The molecule has 20 heavy (non-hydrogen) atoms. The van der Waals surface area contributed by atoms with Crippen LogP contribution in [0.4, 0.5) is 0 Å². The van der Waals surface area contributed by atoms with Crippen molar-refractivity contribution >= 4 is 55.3 Å². The first kappa shape index (κ1) is 14.1. The van der Waals surface area contributed by atoms with Gasteiger partial charge in [0.15, 0.2) is 5.78 Å². The lowest BCUT2D eigenvalue weighted by Crippen LogP contribution is -1.95. The number of hydrogen-bond acceptors (Lipinski definition) is 1. The molecule has 0 saturated heterocycles. The molecule has 0 bridgehead atoms. The maximum Gasteiger partial charge on any atom is 0.190 e. The minimum Gasteiger partial charge on any atom is -0.289 e. The van der Waals surface area contributed by atoms with Crippen molar-refractivity contribution in [1.82, 2.24) is 0 Å². The molecule has 1 nitrogen and oxygen atoms in total. The first-order chi connectivity index (χ1) is 9.56. The lowest BCUT2D eigenvalue weighted by atomic mass is 10.1. The van der Waals surface area contributed by atoms with Crippen LogP contribution in [0.15, 0.2) is 52.5 Å². The van der Waals surface area contributed by atoms with Crippen molar-refractivity contribution in [2.24, 2.45) is 0 Å². The van der Waals surface area contributed by atoms with E-state index in [1.165, 1.54) is 0 Å². The second-order valence-corrected chi connectivity index (χ2v) is 6.84. The molecule has 0 N–H and O–H groups in total. The molecule has 1 aliphatic rings. The number of alkyl halides is 1. The van der Waals surface area contributed by atoms with Gasteiger partial charge >= 0.3 is 0 Å². The molecule has 0 amide bonds. The fraction of sp³-hybridized carbons (Fsp3) is 0.0625. The van der Waals surface area contributed by atoms with Crippen LogP contribution in [0.25, 0.3) is 6.08 Å². The molecule has 3 rings (SSSR count). The normalized spacial score (nSPS) is 19.4. The Hall–Kier alpha value is -0.900. The third-order valence-electron chi connectivity index (χ3n) is 3.26. The van der Waals surface area contributed by atoms with Crippen LogP contribution in [0, 0.1) is 0 Å². The van der Waals surface area contributed by atoms with Gasteiger partial charge in [-0.05, 0) is 47.5 Å². The number of allylic oxidation sites excluding steroid dienone is 1. The zero-order chi connectivity index (χ0) is 14.3. The van der Waals surface area contributed by atoms with E-state index in [1.807, 2.05) is 48.5 Å². The van der Waals surface area contributed by atoms with Gasteiger partial charge in [0, 0.05) is 20.6 Å². The van der Waals surface area contributed by atoms with E-state index >= 15 is 0 Å². The molecule has 4 heteroatoms. The van der Waals surface area contributed by atoms with Crippen molar-refractivity contribution < 1.29 is 4.79 Å². The van der Waals surface area contributed by atoms with Gasteiger partial charge in [0.1, 0.15) is 0 Å². The molecule has 0 aliphatic heterocycles. The number of rotatable bonds is 1.